The van der Waals surface area contributed by atoms with E-state index in [2.05, 4.69) is 22.0 Å². The summed E-state index contributed by atoms with van der Waals surface area (Å²) in [4.78, 5) is 0. The van der Waals surface area contributed by atoms with E-state index in [1.807, 2.05) is 6.92 Å². The van der Waals surface area contributed by atoms with Gasteiger partial charge in [-0.25, -0.2) is 0 Å². The molecule has 1 unspecified atom stereocenters. The van der Waals surface area contributed by atoms with Crippen LogP contribution in [-0.4, -0.2) is 20.8 Å². The molecule has 0 aliphatic carbocycles. The largest absolute Gasteiger partial charge is 0.493 e. The SMILES string of the molecule is CCOC(C#N)c1cc(OC)c(OC)cc1Br. The molecule has 0 radical (unpaired) electrons. The number of hydrogen-bond donors (Lipinski definition) is 0. The Kier molecular flexibility index (Phi) is 5.26. The van der Waals surface area contributed by atoms with Gasteiger partial charge in [-0.15, -0.1) is 0 Å². The molecule has 0 N–H and O–H groups in total. The summed E-state index contributed by atoms with van der Waals surface area (Å²) in [5.74, 6) is 1.18. The lowest BCUT2D eigenvalue weighted by Crippen LogP contribution is -2.03. The molecule has 0 heterocycles. The molecule has 0 saturated heterocycles. The second-order valence-corrected chi connectivity index (χ2v) is 4.05. The molecular formula is C12H14BrNO3. The second-order valence-electron chi connectivity index (χ2n) is 3.19. The lowest BCUT2D eigenvalue weighted by atomic mass is 10.1. The van der Waals surface area contributed by atoms with Crippen molar-refractivity contribution >= 4 is 15.9 Å². The minimum absolute atomic E-state index is 0.471. The summed E-state index contributed by atoms with van der Waals surface area (Å²) in [6.07, 6.45) is -0.616. The molecule has 1 aromatic carbocycles. The monoisotopic (exact) mass is 299 g/mol. The molecule has 0 spiro atoms. The van der Waals surface area contributed by atoms with E-state index >= 15 is 0 Å². The fraction of sp³-hybridized carbons (Fsp3) is 0.417. The molecule has 17 heavy (non-hydrogen) atoms. The van der Waals surface area contributed by atoms with Crippen LogP contribution < -0.4 is 9.47 Å². The average Bonchev–Trinajstić information content (AvgIpc) is 2.36. The van der Waals surface area contributed by atoms with E-state index in [-0.39, 0.29) is 0 Å². The van der Waals surface area contributed by atoms with Crippen molar-refractivity contribution in [1.82, 2.24) is 0 Å². The predicted molar refractivity (Wildman–Crippen MR) is 67.2 cm³/mol. The van der Waals surface area contributed by atoms with E-state index in [9.17, 15) is 0 Å². The van der Waals surface area contributed by atoms with Crippen LogP contribution in [0.1, 0.15) is 18.6 Å². The van der Waals surface area contributed by atoms with Crippen molar-refractivity contribution in [2.24, 2.45) is 0 Å². The molecule has 4 nitrogen and oxygen atoms in total. The summed E-state index contributed by atoms with van der Waals surface area (Å²) in [5, 5.41) is 9.06. The number of halogens is 1. The van der Waals surface area contributed by atoms with Gasteiger partial charge in [0.1, 0.15) is 0 Å². The number of benzene rings is 1. The summed E-state index contributed by atoms with van der Waals surface area (Å²) in [6.45, 7) is 2.32. The van der Waals surface area contributed by atoms with Gasteiger partial charge in [0, 0.05) is 16.6 Å². The van der Waals surface area contributed by atoms with Crippen LogP contribution in [0.4, 0.5) is 0 Å². The highest BCUT2D eigenvalue weighted by atomic mass is 79.9. The van der Waals surface area contributed by atoms with E-state index in [4.69, 9.17) is 19.5 Å². The summed E-state index contributed by atoms with van der Waals surface area (Å²) in [5.41, 5.74) is 0.729. The topological polar surface area (TPSA) is 51.5 Å². The summed E-state index contributed by atoms with van der Waals surface area (Å²) >= 11 is 3.40. The normalized spacial score (nSPS) is 11.7. The minimum atomic E-state index is -0.616. The van der Waals surface area contributed by atoms with Gasteiger partial charge in [-0.1, -0.05) is 15.9 Å². The van der Waals surface area contributed by atoms with E-state index in [1.165, 1.54) is 0 Å². The fourth-order valence-electron chi connectivity index (χ4n) is 1.43. The molecule has 1 atom stereocenters. The molecule has 0 aliphatic heterocycles. The molecule has 0 aromatic heterocycles. The van der Waals surface area contributed by atoms with Gasteiger partial charge in [-0.2, -0.15) is 5.26 Å². The van der Waals surface area contributed by atoms with Crippen LogP contribution >= 0.6 is 15.9 Å². The van der Waals surface area contributed by atoms with Crippen molar-refractivity contribution in [2.45, 2.75) is 13.0 Å². The van der Waals surface area contributed by atoms with Gasteiger partial charge >= 0.3 is 0 Å². The third kappa shape index (κ3) is 3.11. The van der Waals surface area contributed by atoms with E-state index in [1.54, 1.807) is 26.4 Å². The Hall–Kier alpha value is -1.25. The zero-order chi connectivity index (χ0) is 12.8. The molecule has 0 amide bonds. The first kappa shape index (κ1) is 13.8. The Bertz CT molecular complexity index is 428. The Morgan fingerprint density at radius 2 is 1.88 bits per heavy atom. The maximum Gasteiger partial charge on any atom is 0.170 e. The molecule has 1 rings (SSSR count). The molecule has 5 heteroatoms. The zero-order valence-corrected chi connectivity index (χ0v) is 11.6. The highest BCUT2D eigenvalue weighted by Crippen LogP contribution is 2.36. The first-order chi connectivity index (χ1) is 8.17. The lowest BCUT2D eigenvalue weighted by molar-refractivity contribution is 0.101. The van der Waals surface area contributed by atoms with Crippen LogP contribution in [0.2, 0.25) is 0 Å². The number of nitrogens with zero attached hydrogens (tertiary/aromatic N) is 1. The van der Waals surface area contributed by atoms with Crippen molar-refractivity contribution in [1.29, 1.82) is 5.26 Å². The molecule has 1 aromatic rings. The predicted octanol–water partition coefficient (Wildman–Crippen LogP) is 3.07. The van der Waals surface area contributed by atoms with Gasteiger partial charge in [-0.3, -0.25) is 0 Å². The number of hydrogen-bond acceptors (Lipinski definition) is 4. The van der Waals surface area contributed by atoms with Crippen LogP contribution in [0, 0.1) is 11.3 Å². The summed E-state index contributed by atoms with van der Waals surface area (Å²) in [7, 11) is 3.12. The third-order valence-electron chi connectivity index (χ3n) is 2.24. The van der Waals surface area contributed by atoms with Gasteiger partial charge < -0.3 is 14.2 Å². The lowest BCUT2D eigenvalue weighted by Gasteiger charge is -2.15. The average molecular weight is 300 g/mol. The van der Waals surface area contributed by atoms with Crippen molar-refractivity contribution in [2.75, 3.05) is 20.8 Å². The quantitative estimate of drug-likeness (QED) is 0.838. The van der Waals surface area contributed by atoms with Crippen LogP contribution in [0.25, 0.3) is 0 Å². The maximum absolute atomic E-state index is 9.06. The summed E-state index contributed by atoms with van der Waals surface area (Å²) in [6, 6.07) is 5.60. The van der Waals surface area contributed by atoms with E-state index < -0.39 is 6.10 Å². The van der Waals surface area contributed by atoms with Crippen LogP contribution in [0.15, 0.2) is 16.6 Å². The second kappa shape index (κ2) is 6.48. The molecule has 92 valence electrons. The smallest absolute Gasteiger partial charge is 0.170 e. The Labute approximate surface area is 109 Å². The standard InChI is InChI=1S/C12H14BrNO3/c1-4-17-12(7-14)8-5-10(15-2)11(16-3)6-9(8)13/h5-6,12H,4H2,1-3H3. The Morgan fingerprint density at radius 1 is 1.29 bits per heavy atom. The minimum Gasteiger partial charge on any atom is -0.493 e. The fourth-order valence-corrected chi connectivity index (χ4v) is 1.96. The number of methoxy groups -OCH3 is 2. The Morgan fingerprint density at radius 3 is 2.35 bits per heavy atom. The van der Waals surface area contributed by atoms with Crippen molar-refractivity contribution in [3.8, 4) is 17.6 Å². The van der Waals surface area contributed by atoms with E-state index in [0.29, 0.717) is 18.1 Å². The molecule has 0 aliphatic rings. The van der Waals surface area contributed by atoms with Gasteiger partial charge in [0.15, 0.2) is 17.6 Å². The van der Waals surface area contributed by atoms with E-state index in [0.717, 1.165) is 10.0 Å². The van der Waals surface area contributed by atoms with Gasteiger partial charge in [0.05, 0.1) is 20.3 Å². The van der Waals surface area contributed by atoms with Gasteiger partial charge in [0.25, 0.3) is 0 Å². The molecule has 0 bridgehead atoms. The first-order valence-corrected chi connectivity index (χ1v) is 5.89. The highest BCUT2D eigenvalue weighted by molar-refractivity contribution is 9.10. The van der Waals surface area contributed by atoms with Crippen molar-refractivity contribution in [3.05, 3.63) is 22.2 Å². The van der Waals surface area contributed by atoms with Crippen LogP contribution in [-0.2, 0) is 4.74 Å². The number of rotatable bonds is 5. The zero-order valence-electron chi connectivity index (χ0n) is 9.99. The van der Waals surface area contributed by atoms with Crippen molar-refractivity contribution < 1.29 is 14.2 Å². The van der Waals surface area contributed by atoms with Gasteiger partial charge in [-0.05, 0) is 19.1 Å². The van der Waals surface area contributed by atoms with Crippen molar-refractivity contribution in [3.63, 3.8) is 0 Å². The maximum atomic E-state index is 9.06. The van der Waals surface area contributed by atoms with Crippen LogP contribution in [0.5, 0.6) is 11.5 Å². The first-order valence-electron chi connectivity index (χ1n) is 5.10. The molecular weight excluding hydrogens is 286 g/mol. The third-order valence-corrected chi connectivity index (χ3v) is 2.92. The van der Waals surface area contributed by atoms with Crippen LogP contribution in [0.3, 0.4) is 0 Å². The van der Waals surface area contributed by atoms with Gasteiger partial charge in [0.2, 0.25) is 0 Å². The molecule has 0 saturated carbocycles. The molecule has 0 fully saturated rings. The Balaban J connectivity index is 3.20. The number of ether oxygens (including phenoxy) is 3. The number of nitriles is 1. The summed E-state index contributed by atoms with van der Waals surface area (Å²) < 4.78 is 16.5. The highest BCUT2D eigenvalue weighted by Gasteiger charge is 2.17.